The summed E-state index contributed by atoms with van der Waals surface area (Å²) >= 11 is 0. The first-order valence-electron chi connectivity index (χ1n) is 6.66. The van der Waals surface area contributed by atoms with Gasteiger partial charge < -0.3 is 10.4 Å². The summed E-state index contributed by atoms with van der Waals surface area (Å²) in [6, 6.07) is 7.99. The van der Waals surface area contributed by atoms with Gasteiger partial charge in [-0.15, -0.1) is 0 Å². The van der Waals surface area contributed by atoms with Crippen molar-refractivity contribution in [3.05, 3.63) is 51.9 Å². The molecule has 0 bridgehead atoms. The number of anilines is 1. The first-order valence-corrected chi connectivity index (χ1v) is 6.66. The molecule has 114 valence electrons. The minimum atomic E-state index is -0.572. The molecule has 1 amide bonds. The molecular formula is C16H16N2O4. The number of ketones is 1. The number of amides is 1. The molecule has 0 aliphatic heterocycles. The summed E-state index contributed by atoms with van der Waals surface area (Å²) in [5, 5.41) is 12.4. The molecule has 0 saturated heterocycles. The fraction of sp³-hybridized carbons (Fsp3) is 0.188. The van der Waals surface area contributed by atoms with Crippen LogP contribution in [0.2, 0.25) is 0 Å². The zero-order valence-corrected chi connectivity index (χ0v) is 12.5. The minimum absolute atomic E-state index is 0.190. The Morgan fingerprint density at radius 2 is 1.73 bits per heavy atom. The zero-order chi connectivity index (χ0) is 16.4. The Morgan fingerprint density at radius 3 is 2.23 bits per heavy atom. The van der Waals surface area contributed by atoms with Crippen molar-refractivity contribution >= 4 is 17.4 Å². The van der Waals surface area contributed by atoms with E-state index in [-0.39, 0.29) is 17.2 Å². The molecule has 1 heterocycles. The van der Waals surface area contributed by atoms with E-state index in [1.165, 1.54) is 24.5 Å². The summed E-state index contributed by atoms with van der Waals surface area (Å²) in [4.78, 5) is 35.0. The highest BCUT2D eigenvalue weighted by molar-refractivity contribution is 5.96. The van der Waals surface area contributed by atoms with Crippen LogP contribution in [0, 0.1) is 6.92 Å². The standard InChI is InChI=1S/C16H16N2O4/c1-9-8-14(21)15(10(2)19)16(22)18(9)13-6-4-12(5-7-13)17-11(3)20/h4-8,21H,1-3H3,(H,17,20). The number of carbonyl (C=O) groups is 2. The van der Waals surface area contributed by atoms with E-state index in [0.29, 0.717) is 17.1 Å². The molecule has 0 saturated carbocycles. The number of rotatable bonds is 3. The normalized spacial score (nSPS) is 10.3. The van der Waals surface area contributed by atoms with E-state index < -0.39 is 11.3 Å². The maximum Gasteiger partial charge on any atom is 0.269 e. The summed E-state index contributed by atoms with van der Waals surface area (Å²) in [7, 11) is 0. The lowest BCUT2D eigenvalue weighted by Crippen LogP contribution is -2.26. The Kier molecular flexibility index (Phi) is 4.12. The third-order valence-corrected chi connectivity index (χ3v) is 3.17. The number of nitrogens with zero attached hydrogens (tertiary/aromatic N) is 1. The highest BCUT2D eigenvalue weighted by Gasteiger charge is 2.17. The molecule has 6 nitrogen and oxygen atoms in total. The molecule has 0 aliphatic rings. The average molecular weight is 300 g/mol. The highest BCUT2D eigenvalue weighted by Crippen LogP contribution is 2.19. The number of carbonyl (C=O) groups excluding carboxylic acids is 2. The Bertz CT molecular complexity index is 804. The molecule has 0 fully saturated rings. The van der Waals surface area contributed by atoms with E-state index in [9.17, 15) is 19.5 Å². The fourth-order valence-electron chi connectivity index (χ4n) is 2.27. The molecule has 2 rings (SSSR count). The van der Waals surface area contributed by atoms with Crippen LogP contribution in [0.25, 0.3) is 5.69 Å². The number of Topliss-reactive ketones (excluding diaryl/α,β-unsaturated/α-hetero) is 1. The fourth-order valence-corrected chi connectivity index (χ4v) is 2.27. The van der Waals surface area contributed by atoms with Crippen molar-refractivity contribution in [3.63, 3.8) is 0 Å². The number of benzene rings is 1. The number of aryl methyl sites for hydroxylation is 1. The second-order valence-corrected chi connectivity index (χ2v) is 4.97. The lowest BCUT2D eigenvalue weighted by molar-refractivity contribution is -0.114. The van der Waals surface area contributed by atoms with E-state index in [1.807, 2.05) is 0 Å². The van der Waals surface area contributed by atoms with Gasteiger partial charge in [0.1, 0.15) is 11.3 Å². The van der Waals surface area contributed by atoms with E-state index in [4.69, 9.17) is 0 Å². The molecule has 22 heavy (non-hydrogen) atoms. The Hall–Kier alpha value is -2.89. The average Bonchev–Trinajstić information content (AvgIpc) is 2.38. The Morgan fingerprint density at radius 1 is 1.14 bits per heavy atom. The van der Waals surface area contributed by atoms with Crippen molar-refractivity contribution in [2.45, 2.75) is 20.8 Å². The van der Waals surface area contributed by atoms with Crippen LogP contribution in [0.5, 0.6) is 5.75 Å². The van der Waals surface area contributed by atoms with Crippen molar-refractivity contribution in [2.24, 2.45) is 0 Å². The van der Waals surface area contributed by atoms with Crippen molar-refractivity contribution in [3.8, 4) is 11.4 Å². The van der Waals surface area contributed by atoms with Crippen LogP contribution in [-0.2, 0) is 4.79 Å². The second-order valence-electron chi connectivity index (χ2n) is 4.97. The maximum atomic E-state index is 12.4. The topological polar surface area (TPSA) is 88.4 Å². The van der Waals surface area contributed by atoms with Gasteiger partial charge >= 0.3 is 0 Å². The smallest absolute Gasteiger partial charge is 0.269 e. The van der Waals surface area contributed by atoms with Crippen LogP contribution in [0.15, 0.2) is 35.1 Å². The van der Waals surface area contributed by atoms with Gasteiger partial charge in [-0.05, 0) is 38.1 Å². The van der Waals surface area contributed by atoms with Crippen molar-refractivity contribution < 1.29 is 14.7 Å². The van der Waals surface area contributed by atoms with Crippen LogP contribution in [0.3, 0.4) is 0 Å². The van der Waals surface area contributed by atoms with Gasteiger partial charge in [0.15, 0.2) is 5.78 Å². The van der Waals surface area contributed by atoms with Crippen LogP contribution < -0.4 is 10.9 Å². The zero-order valence-electron chi connectivity index (χ0n) is 12.5. The molecule has 0 unspecified atom stereocenters. The lowest BCUT2D eigenvalue weighted by Gasteiger charge is -2.13. The Balaban J connectivity index is 2.58. The summed E-state index contributed by atoms with van der Waals surface area (Å²) in [5.74, 6) is -1.00. The molecule has 1 aromatic carbocycles. The van der Waals surface area contributed by atoms with Gasteiger partial charge in [-0.1, -0.05) is 0 Å². The van der Waals surface area contributed by atoms with Gasteiger partial charge in [0.2, 0.25) is 5.91 Å². The van der Waals surface area contributed by atoms with E-state index in [1.54, 1.807) is 31.2 Å². The highest BCUT2D eigenvalue weighted by atomic mass is 16.3. The number of hydrogen-bond donors (Lipinski definition) is 2. The monoisotopic (exact) mass is 300 g/mol. The van der Waals surface area contributed by atoms with E-state index >= 15 is 0 Å². The van der Waals surface area contributed by atoms with Gasteiger partial charge in [-0.25, -0.2) is 0 Å². The molecule has 2 N–H and O–H groups in total. The van der Waals surface area contributed by atoms with Crippen molar-refractivity contribution in [1.29, 1.82) is 0 Å². The molecule has 6 heteroatoms. The Labute approximate surface area is 127 Å². The van der Waals surface area contributed by atoms with E-state index in [0.717, 1.165) is 0 Å². The van der Waals surface area contributed by atoms with Crippen LogP contribution >= 0.6 is 0 Å². The predicted molar refractivity (Wildman–Crippen MR) is 82.7 cm³/mol. The number of pyridine rings is 1. The van der Waals surface area contributed by atoms with Crippen LogP contribution in [0.4, 0.5) is 5.69 Å². The number of nitrogens with one attached hydrogen (secondary N) is 1. The first kappa shape index (κ1) is 15.5. The summed E-state index contributed by atoms with van der Waals surface area (Å²) in [6.07, 6.45) is 0. The van der Waals surface area contributed by atoms with Crippen molar-refractivity contribution in [1.82, 2.24) is 4.57 Å². The third kappa shape index (κ3) is 2.90. The minimum Gasteiger partial charge on any atom is -0.507 e. The number of aromatic hydroxyl groups is 1. The molecular weight excluding hydrogens is 284 g/mol. The molecule has 1 aromatic heterocycles. The SMILES string of the molecule is CC(=O)Nc1ccc(-n2c(C)cc(O)c(C(C)=O)c2=O)cc1. The molecule has 0 aliphatic carbocycles. The quantitative estimate of drug-likeness (QED) is 0.849. The second kappa shape index (κ2) is 5.85. The molecule has 0 atom stereocenters. The lowest BCUT2D eigenvalue weighted by atomic mass is 10.1. The van der Waals surface area contributed by atoms with Crippen LogP contribution in [0.1, 0.15) is 29.9 Å². The largest absolute Gasteiger partial charge is 0.507 e. The molecule has 0 spiro atoms. The first-order chi connectivity index (χ1) is 10.3. The van der Waals surface area contributed by atoms with Gasteiger partial charge in [0.05, 0.1) is 0 Å². The molecule has 2 aromatic rings. The van der Waals surface area contributed by atoms with E-state index in [2.05, 4.69) is 5.32 Å². The van der Waals surface area contributed by atoms with Gasteiger partial charge in [-0.2, -0.15) is 0 Å². The number of hydrogen-bond acceptors (Lipinski definition) is 4. The van der Waals surface area contributed by atoms with Gasteiger partial charge in [0, 0.05) is 30.1 Å². The van der Waals surface area contributed by atoms with Gasteiger partial charge in [-0.3, -0.25) is 19.0 Å². The van der Waals surface area contributed by atoms with Crippen LogP contribution in [-0.4, -0.2) is 21.4 Å². The van der Waals surface area contributed by atoms with Crippen molar-refractivity contribution in [2.75, 3.05) is 5.32 Å². The number of aromatic nitrogens is 1. The summed E-state index contributed by atoms with van der Waals surface area (Å²) in [5.41, 5.74) is 0.834. The molecule has 0 radical (unpaired) electrons. The third-order valence-electron chi connectivity index (χ3n) is 3.17. The summed E-state index contributed by atoms with van der Waals surface area (Å²) in [6.45, 7) is 4.30. The van der Waals surface area contributed by atoms with Gasteiger partial charge in [0.25, 0.3) is 5.56 Å². The summed E-state index contributed by atoms with van der Waals surface area (Å²) < 4.78 is 1.34. The predicted octanol–water partition coefficient (Wildman–Crippen LogP) is 2.01. The maximum absolute atomic E-state index is 12.4.